The number of nitrogens with zero attached hydrogens (tertiary/aromatic N) is 1. The summed E-state index contributed by atoms with van der Waals surface area (Å²) >= 11 is 0. The molecule has 0 spiro atoms. The summed E-state index contributed by atoms with van der Waals surface area (Å²) in [5.41, 5.74) is 0.156. The number of benzene rings is 1. The summed E-state index contributed by atoms with van der Waals surface area (Å²) in [6.45, 7) is 9.79. The number of nitro groups is 1. The molecule has 0 amide bonds. The van der Waals surface area contributed by atoms with Crippen molar-refractivity contribution in [2.24, 2.45) is 0 Å². The van der Waals surface area contributed by atoms with Gasteiger partial charge in [0.25, 0.3) is 6.47 Å². The molecule has 150 valence electrons. The van der Waals surface area contributed by atoms with Crippen LogP contribution in [0, 0.1) is 21.7 Å². The highest BCUT2D eigenvalue weighted by Crippen LogP contribution is 2.31. The maximum atomic E-state index is 13.3. The van der Waals surface area contributed by atoms with Gasteiger partial charge >= 0.3 is 0 Å². The monoisotopic (exact) mass is 384 g/mol. The second-order valence-corrected chi connectivity index (χ2v) is 7.32. The molecule has 1 saturated heterocycles. The molecule has 1 aromatic rings. The molecule has 0 saturated carbocycles. The lowest BCUT2D eigenvalue weighted by Crippen LogP contribution is -2.49. The molecule has 2 rings (SSSR count). The molecule has 1 aliphatic rings. The molecule has 8 heteroatoms. The first kappa shape index (κ1) is 22.7. The lowest BCUT2D eigenvalue weighted by molar-refractivity contribution is -0.527. The van der Waals surface area contributed by atoms with E-state index in [0.717, 1.165) is 12.1 Å². The Labute approximate surface area is 157 Å². The van der Waals surface area contributed by atoms with E-state index < -0.39 is 23.6 Å². The Morgan fingerprint density at radius 1 is 1.37 bits per heavy atom. The number of carbonyl (C=O) groups excluding carboxylic acids is 1. The van der Waals surface area contributed by atoms with Gasteiger partial charge in [-0.1, -0.05) is 12.1 Å². The van der Waals surface area contributed by atoms with E-state index >= 15 is 0 Å². The van der Waals surface area contributed by atoms with E-state index in [1.807, 2.05) is 20.8 Å². The van der Waals surface area contributed by atoms with Crippen molar-refractivity contribution < 1.29 is 23.2 Å². The van der Waals surface area contributed by atoms with E-state index in [-0.39, 0.29) is 23.1 Å². The molecule has 1 unspecified atom stereocenters. The number of piperidine rings is 1. The highest BCUT2D eigenvalue weighted by molar-refractivity contribution is 5.37. The van der Waals surface area contributed by atoms with E-state index in [1.165, 1.54) is 6.07 Å². The number of nitrogens with one attached hydrogen (secondary N) is 1. The zero-order valence-corrected chi connectivity index (χ0v) is 15.8. The molecule has 1 fully saturated rings. The summed E-state index contributed by atoms with van der Waals surface area (Å²) in [6.07, 6.45) is 2.93. The van der Waals surface area contributed by atoms with Gasteiger partial charge in [0.1, 0.15) is 5.60 Å². The molecule has 1 N–H and O–H groups in total. The quantitative estimate of drug-likeness (QED) is 0.363. The normalized spacial score (nSPS) is 22.2. The standard InChI is InChI=1S/C14H16F2N2O2.C5H10O2/c1-2-3-10-7-11(14(8-17-10)18(19)20)9-4-5-12(15)13(16)6-9;1-5(2,3)7-4-6/h2,4-6,10-11,14,17H,1,3,7-8H2;4H,1-3H3/t10?,11-,14+;/m0./s1. The van der Waals surface area contributed by atoms with Crippen molar-refractivity contribution in [1.29, 1.82) is 0 Å². The summed E-state index contributed by atoms with van der Waals surface area (Å²) in [5.74, 6) is -2.34. The number of hydrogen-bond acceptors (Lipinski definition) is 5. The Morgan fingerprint density at radius 2 is 2.04 bits per heavy atom. The van der Waals surface area contributed by atoms with Gasteiger partial charge in [0, 0.05) is 11.0 Å². The zero-order chi connectivity index (χ0) is 20.6. The van der Waals surface area contributed by atoms with Crippen molar-refractivity contribution in [3.05, 3.63) is 58.2 Å². The van der Waals surface area contributed by atoms with Gasteiger partial charge in [0.05, 0.1) is 12.5 Å². The number of halogens is 2. The van der Waals surface area contributed by atoms with Crippen molar-refractivity contribution in [3.63, 3.8) is 0 Å². The van der Waals surface area contributed by atoms with Crippen LogP contribution in [0.15, 0.2) is 30.9 Å². The van der Waals surface area contributed by atoms with Gasteiger partial charge in [-0.15, -0.1) is 6.58 Å². The molecule has 0 bridgehead atoms. The minimum absolute atomic E-state index is 0.0711. The molecule has 1 heterocycles. The lowest BCUT2D eigenvalue weighted by atomic mass is 9.82. The van der Waals surface area contributed by atoms with E-state index in [0.29, 0.717) is 24.9 Å². The summed E-state index contributed by atoms with van der Waals surface area (Å²) in [6, 6.07) is 2.75. The fourth-order valence-electron chi connectivity index (χ4n) is 2.82. The van der Waals surface area contributed by atoms with Gasteiger partial charge in [-0.3, -0.25) is 14.9 Å². The van der Waals surface area contributed by atoms with Crippen molar-refractivity contribution in [2.75, 3.05) is 6.54 Å². The highest BCUT2D eigenvalue weighted by Gasteiger charge is 2.38. The van der Waals surface area contributed by atoms with Crippen LogP contribution in [0.2, 0.25) is 0 Å². The van der Waals surface area contributed by atoms with Crippen molar-refractivity contribution in [1.82, 2.24) is 5.32 Å². The first-order valence-corrected chi connectivity index (χ1v) is 8.63. The van der Waals surface area contributed by atoms with Crippen LogP contribution in [-0.4, -0.2) is 35.6 Å². The van der Waals surface area contributed by atoms with Crippen LogP contribution in [-0.2, 0) is 9.53 Å². The Bertz CT molecular complexity index is 662. The predicted octanol–water partition coefficient (Wildman–Crippen LogP) is 3.59. The molecule has 1 aliphatic heterocycles. The second-order valence-electron chi connectivity index (χ2n) is 7.32. The van der Waals surface area contributed by atoms with Gasteiger partial charge in [-0.2, -0.15) is 0 Å². The summed E-state index contributed by atoms with van der Waals surface area (Å²) in [4.78, 5) is 20.4. The van der Waals surface area contributed by atoms with Gasteiger partial charge in [-0.05, 0) is 51.3 Å². The van der Waals surface area contributed by atoms with Crippen LogP contribution in [0.5, 0.6) is 0 Å². The van der Waals surface area contributed by atoms with Crippen LogP contribution in [0.4, 0.5) is 8.78 Å². The Hall–Kier alpha value is -2.35. The average Bonchev–Trinajstić information content (AvgIpc) is 2.57. The van der Waals surface area contributed by atoms with Gasteiger partial charge in [0.15, 0.2) is 11.6 Å². The third-order valence-electron chi connectivity index (χ3n) is 4.11. The molecular weight excluding hydrogens is 358 g/mol. The molecular formula is C19H26F2N2O4. The molecule has 0 aromatic heterocycles. The molecule has 0 radical (unpaired) electrons. The zero-order valence-electron chi connectivity index (χ0n) is 15.8. The second kappa shape index (κ2) is 10.1. The van der Waals surface area contributed by atoms with Crippen LogP contribution in [0.1, 0.15) is 45.1 Å². The first-order chi connectivity index (χ1) is 12.6. The maximum absolute atomic E-state index is 13.3. The van der Waals surface area contributed by atoms with Crippen LogP contribution in [0.25, 0.3) is 0 Å². The average molecular weight is 384 g/mol. The Morgan fingerprint density at radius 3 is 2.48 bits per heavy atom. The first-order valence-electron chi connectivity index (χ1n) is 8.63. The largest absolute Gasteiger partial charge is 0.462 e. The molecule has 6 nitrogen and oxygen atoms in total. The van der Waals surface area contributed by atoms with Gasteiger partial charge in [0.2, 0.25) is 6.04 Å². The summed E-state index contributed by atoms with van der Waals surface area (Å²) in [7, 11) is 0. The summed E-state index contributed by atoms with van der Waals surface area (Å²) < 4.78 is 30.9. The number of ether oxygens (including phenoxy) is 1. The fourth-order valence-corrected chi connectivity index (χ4v) is 2.82. The third-order valence-corrected chi connectivity index (χ3v) is 4.11. The Kier molecular flexibility index (Phi) is 8.49. The predicted molar refractivity (Wildman–Crippen MR) is 98.0 cm³/mol. The van der Waals surface area contributed by atoms with E-state index in [1.54, 1.807) is 6.08 Å². The van der Waals surface area contributed by atoms with E-state index in [9.17, 15) is 23.7 Å². The number of hydrogen-bond donors (Lipinski definition) is 1. The smallest absolute Gasteiger partial charge is 0.293 e. The molecule has 3 atom stereocenters. The Balaban J connectivity index is 0.000000445. The van der Waals surface area contributed by atoms with Crippen molar-refractivity contribution >= 4 is 6.47 Å². The number of rotatable bonds is 5. The van der Waals surface area contributed by atoms with E-state index in [2.05, 4.69) is 16.6 Å². The maximum Gasteiger partial charge on any atom is 0.293 e. The van der Waals surface area contributed by atoms with Crippen molar-refractivity contribution in [2.45, 2.75) is 57.2 Å². The SMILES string of the molecule is C=CCC1C[C@@H](c2ccc(F)c(F)c2)[C@H]([N+](=O)[O-])CN1.CC(C)(C)OC=O. The van der Waals surface area contributed by atoms with Gasteiger partial charge < -0.3 is 10.1 Å². The topological polar surface area (TPSA) is 81.5 Å². The minimum atomic E-state index is -0.969. The molecule has 1 aromatic carbocycles. The van der Waals surface area contributed by atoms with Crippen LogP contribution >= 0.6 is 0 Å². The van der Waals surface area contributed by atoms with Crippen LogP contribution in [0.3, 0.4) is 0 Å². The lowest BCUT2D eigenvalue weighted by Gasteiger charge is -2.32. The summed E-state index contributed by atoms with van der Waals surface area (Å²) in [5, 5.41) is 14.2. The third kappa shape index (κ3) is 7.42. The van der Waals surface area contributed by atoms with Crippen LogP contribution < -0.4 is 5.32 Å². The number of carbonyl (C=O) groups is 1. The van der Waals surface area contributed by atoms with E-state index in [4.69, 9.17) is 0 Å². The fraction of sp³-hybridized carbons (Fsp3) is 0.526. The van der Waals surface area contributed by atoms with Crippen molar-refractivity contribution in [3.8, 4) is 0 Å². The minimum Gasteiger partial charge on any atom is -0.462 e. The molecule has 0 aliphatic carbocycles. The van der Waals surface area contributed by atoms with Gasteiger partial charge in [-0.25, -0.2) is 8.78 Å². The highest BCUT2D eigenvalue weighted by atomic mass is 19.2. The molecule has 27 heavy (non-hydrogen) atoms.